The van der Waals surface area contributed by atoms with Crippen molar-refractivity contribution >= 4 is 16.5 Å². The molecule has 0 unspecified atom stereocenters. The molecule has 0 aliphatic carbocycles. The van der Waals surface area contributed by atoms with Gasteiger partial charge in [-0.2, -0.15) is 18.3 Å². The first-order valence-corrected chi connectivity index (χ1v) is 7.41. The van der Waals surface area contributed by atoms with Gasteiger partial charge >= 0.3 is 6.18 Å². The highest BCUT2D eigenvalue weighted by Crippen LogP contribution is 2.32. The van der Waals surface area contributed by atoms with Crippen LogP contribution in [0.3, 0.4) is 0 Å². The molecule has 0 fully saturated rings. The van der Waals surface area contributed by atoms with Gasteiger partial charge in [0.15, 0.2) is 5.82 Å². The quantitative estimate of drug-likeness (QED) is 0.747. The maximum absolute atomic E-state index is 12.4. The maximum Gasteiger partial charge on any atom is 0.445 e. The molecule has 0 atom stereocenters. The van der Waals surface area contributed by atoms with Gasteiger partial charge in [0.05, 0.1) is 6.54 Å². The standard InChI is InChI=1S/C13H11F3N6S/c14-13(15,16)11-21-22-12(23-11)17-7-10-18-9(19-20-10)6-8-4-2-1-3-5-8/h1-5H,6-7H2,(H,17,22)(H,18,19,20). The van der Waals surface area contributed by atoms with Crippen LogP contribution in [0.5, 0.6) is 0 Å². The number of nitrogens with one attached hydrogen (secondary N) is 2. The number of nitrogens with zero attached hydrogens (tertiary/aromatic N) is 4. The van der Waals surface area contributed by atoms with Gasteiger partial charge in [0, 0.05) is 6.42 Å². The second-order valence-corrected chi connectivity index (χ2v) is 5.60. The molecule has 1 aromatic carbocycles. The first-order chi connectivity index (χ1) is 11.0. The van der Waals surface area contributed by atoms with Crippen molar-refractivity contribution in [2.45, 2.75) is 19.1 Å². The van der Waals surface area contributed by atoms with E-state index in [1.54, 1.807) is 0 Å². The molecule has 120 valence electrons. The Morgan fingerprint density at radius 1 is 1.13 bits per heavy atom. The molecule has 0 radical (unpaired) electrons. The SMILES string of the molecule is FC(F)(F)c1nnc(NCc2nc(Cc3ccccc3)n[nH]2)s1. The Kier molecular flexibility index (Phi) is 4.24. The van der Waals surface area contributed by atoms with Crippen molar-refractivity contribution in [1.82, 2.24) is 25.4 Å². The van der Waals surface area contributed by atoms with Crippen molar-refractivity contribution < 1.29 is 13.2 Å². The Morgan fingerprint density at radius 2 is 1.91 bits per heavy atom. The fourth-order valence-electron chi connectivity index (χ4n) is 1.84. The number of anilines is 1. The topological polar surface area (TPSA) is 79.4 Å². The van der Waals surface area contributed by atoms with Crippen molar-refractivity contribution in [3.8, 4) is 0 Å². The number of hydrogen-bond acceptors (Lipinski definition) is 6. The minimum absolute atomic E-state index is 0.0818. The maximum atomic E-state index is 12.4. The van der Waals surface area contributed by atoms with Crippen LogP contribution in [0.2, 0.25) is 0 Å². The summed E-state index contributed by atoms with van der Waals surface area (Å²) in [5.41, 5.74) is 1.07. The van der Waals surface area contributed by atoms with Crippen LogP contribution in [0.1, 0.15) is 22.2 Å². The van der Waals surface area contributed by atoms with Gasteiger partial charge in [-0.15, -0.1) is 10.2 Å². The zero-order chi connectivity index (χ0) is 16.3. The number of alkyl halides is 3. The second kappa shape index (κ2) is 6.32. The minimum atomic E-state index is -4.48. The van der Waals surface area contributed by atoms with E-state index in [1.807, 2.05) is 30.3 Å². The molecule has 0 aliphatic rings. The first-order valence-electron chi connectivity index (χ1n) is 6.59. The summed E-state index contributed by atoms with van der Waals surface area (Å²) in [4.78, 5) is 4.28. The molecule has 0 saturated carbocycles. The number of aromatic amines is 1. The predicted molar refractivity (Wildman–Crippen MR) is 77.9 cm³/mol. The van der Waals surface area contributed by atoms with Crippen LogP contribution < -0.4 is 5.32 Å². The fourth-order valence-corrected chi connectivity index (χ4v) is 2.45. The van der Waals surface area contributed by atoms with Gasteiger partial charge < -0.3 is 5.32 Å². The van der Waals surface area contributed by atoms with Crippen LogP contribution in [-0.2, 0) is 19.1 Å². The van der Waals surface area contributed by atoms with E-state index < -0.39 is 11.2 Å². The summed E-state index contributed by atoms with van der Waals surface area (Å²) in [5, 5.41) is 15.2. The highest BCUT2D eigenvalue weighted by Gasteiger charge is 2.35. The van der Waals surface area contributed by atoms with E-state index >= 15 is 0 Å². The molecule has 3 aromatic rings. The van der Waals surface area contributed by atoms with E-state index in [4.69, 9.17) is 0 Å². The van der Waals surface area contributed by atoms with Gasteiger partial charge in [0.25, 0.3) is 0 Å². The number of halogens is 3. The third-order valence-electron chi connectivity index (χ3n) is 2.86. The van der Waals surface area contributed by atoms with Crippen LogP contribution in [0.4, 0.5) is 18.3 Å². The van der Waals surface area contributed by atoms with Crippen LogP contribution in [-0.4, -0.2) is 25.4 Å². The van der Waals surface area contributed by atoms with Crippen LogP contribution in [0, 0.1) is 0 Å². The number of H-pyrrole nitrogens is 1. The van der Waals surface area contributed by atoms with Gasteiger partial charge in [-0.1, -0.05) is 41.7 Å². The zero-order valence-electron chi connectivity index (χ0n) is 11.6. The van der Waals surface area contributed by atoms with Crippen LogP contribution in [0.15, 0.2) is 30.3 Å². The minimum Gasteiger partial charge on any atom is -0.353 e. The molecule has 3 rings (SSSR count). The number of benzene rings is 1. The summed E-state index contributed by atoms with van der Waals surface area (Å²) >= 11 is 0.448. The third-order valence-corrected chi connectivity index (χ3v) is 3.78. The summed E-state index contributed by atoms with van der Waals surface area (Å²) in [6.45, 7) is 0.189. The fraction of sp³-hybridized carbons (Fsp3) is 0.231. The van der Waals surface area contributed by atoms with E-state index in [2.05, 4.69) is 30.7 Å². The number of rotatable bonds is 5. The molecular weight excluding hydrogens is 329 g/mol. The summed E-state index contributed by atoms with van der Waals surface area (Å²) in [7, 11) is 0. The Balaban J connectivity index is 1.58. The van der Waals surface area contributed by atoms with E-state index in [0.717, 1.165) is 5.56 Å². The lowest BCUT2D eigenvalue weighted by molar-refractivity contribution is -0.138. The molecule has 0 saturated heterocycles. The highest BCUT2D eigenvalue weighted by molar-refractivity contribution is 7.15. The highest BCUT2D eigenvalue weighted by atomic mass is 32.1. The average molecular weight is 340 g/mol. The molecule has 0 spiro atoms. The largest absolute Gasteiger partial charge is 0.445 e. The Hall–Kier alpha value is -2.49. The molecule has 2 aromatic heterocycles. The Bertz CT molecular complexity index is 767. The normalized spacial score (nSPS) is 11.6. The van der Waals surface area contributed by atoms with Gasteiger partial charge in [0.1, 0.15) is 5.82 Å². The molecule has 6 nitrogen and oxygen atoms in total. The van der Waals surface area contributed by atoms with Crippen LogP contribution in [0.25, 0.3) is 0 Å². The first kappa shape index (κ1) is 15.4. The molecule has 2 heterocycles. The summed E-state index contributed by atoms with van der Waals surface area (Å²) in [6.07, 6.45) is -3.90. The molecule has 0 amide bonds. The number of hydrogen-bond donors (Lipinski definition) is 2. The average Bonchev–Trinajstić information content (AvgIpc) is 3.15. The second-order valence-electron chi connectivity index (χ2n) is 4.62. The summed E-state index contributed by atoms with van der Waals surface area (Å²) in [6, 6.07) is 9.72. The zero-order valence-corrected chi connectivity index (χ0v) is 12.4. The monoisotopic (exact) mass is 340 g/mol. The Labute approximate surface area is 132 Å². The van der Waals surface area contributed by atoms with E-state index in [0.29, 0.717) is 29.4 Å². The van der Waals surface area contributed by atoms with Crippen molar-refractivity contribution in [1.29, 1.82) is 0 Å². The smallest absolute Gasteiger partial charge is 0.353 e. The molecule has 0 aliphatic heterocycles. The van der Waals surface area contributed by atoms with Gasteiger partial charge in [-0.3, -0.25) is 5.10 Å². The van der Waals surface area contributed by atoms with Crippen molar-refractivity contribution in [2.24, 2.45) is 0 Å². The predicted octanol–water partition coefficient (Wildman–Crippen LogP) is 2.88. The molecule has 10 heteroatoms. The summed E-state index contributed by atoms with van der Waals surface area (Å²) in [5.74, 6) is 1.13. The number of aromatic nitrogens is 5. The molecule has 23 heavy (non-hydrogen) atoms. The third kappa shape index (κ3) is 4.03. The Morgan fingerprint density at radius 3 is 2.61 bits per heavy atom. The lowest BCUT2D eigenvalue weighted by atomic mass is 10.1. The lowest BCUT2D eigenvalue weighted by Gasteiger charge is -1.98. The van der Waals surface area contributed by atoms with E-state index in [9.17, 15) is 13.2 Å². The van der Waals surface area contributed by atoms with Crippen LogP contribution >= 0.6 is 11.3 Å². The van der Waals surface area contributed by atoms with Gasteiger partial charge in [0.2, 0.25) is 10.1 Å². The molecular formula is C13H11F3N6S. The summed E-state index contributed by atoms with van der Waals surface area (Å²) < 4.78 is 37.3. The van der Waals surface area contributed by atoms with Gasteiger partial charge in [-0.25, -0.2) is 4.98 Å². The van der Waals surface area contributed by atoms with Crippen molar-refractivity contribution in [2.75, 3.05) is 5.32 Å². The molecule has 0 bridgehead atoms. The lowest BCUT2D eigenvalue weighted by Crippen LogP contribution is -2.03. The van der Waals surface area contributed by atoms with E-state index in [-0.39, 0.29) is 11.7 Å². The molecule has 2 N–H and O–H groups in total. The van der Waals surface area contributed by atoms with Crippen molar-refractivity contribution in [3.63, 3.8) is 0 Å². The van der Waals surface area contributed by atoms with E-state index in [1.165, 1.54) is 0 Å². The van der Waals surface area contributed by atoms with Crippen molar-refractivity contribution in [3.05, 3.63) is 52.6 Å². The van der Waals surface area contributed by atoms with Gasteiger partial charge in [-0.05, 0) is 5.56 Å².